The fourth-order valence-corrected chi connectivity index (χ4v) is 0.644. The molecule has 0 saturated carbocycles. The third-order valence-corrected chi connectivity index (χ3v) is 1.04. The summed E-state index contributed by atoms with van der Waals surface area (Å²) < 4.78 is 5.09. The predicted molar refractivity (Wildman–Crippen MR) is 28.5 cm³/mol. The number of hydrogen-bond donors (Lipinski definition) is 0. The largest absolute Gasteiger partial charge is 1.00 e. The molecule has 1 fully saturated rings. The molecule has 2 nitrogen and oxygen atoms in total. The number of hydrogen-bond acceptors (Lipinski definition) is 1. The monoisotopic (exact) mass is 107 g/mol. The Labute approximate surface area is 62.2 Å². The van der Waals surface area contributed by atoms with Crippen LogP contribution in [0, 0.1) is 0 Å². The van der Waals surface area contributed by atoms with Crippen LogP contribution in [0.15, 0.2) is 0 Å². The number of ether oxygens (including phenoxy) is 1. The summed E-state index contributed by atoms with van der Waals surface area (Å²) in [5, 5.41) is 4.20. The summed E-state index contributed by atoms with van der Waals surface area (Å²) in [5.74, 6) is 0. The van der Waals surface area contributed by atoms with Crippen molar-refractivity contribution in [3.8, 4) is 0 Å². The Bertz CT molecular complexity index is 54.4. The molecule has 0 unspecified atom stereocenters. The van der Waals surface area contributed by atoms with E-state index in [1.807, 2.05) is 0 Å². The van der Waals surface area contributed by atoms with Crippen molar-refractivity contribution in [2.45, 2.75) is 13.0 Å². The van der Waals surface area contributed by atoms with Gasteiger partial charge < -0.3 is 10.1 Å². The summed E-state index contributed by atoms with van der Waals surface area (Å²) in [4.78, 5) is 0. The minimum Gasteiger partial charge on any atom is -0.656 e. The fraction of sp³-hybridized carbons (Fsp3) is 1.00. The summed E-state index contributed by atoms with van der Waals surface area (Å²) in [6.45, 7) is 4.60. The quantitative estimate of drug-likeness (QED) is 0.322. The molecule has 0 aromatic rings. The molecule has 0 spiro atoms. The maximum absolute atomic E-state index is 5.09. The molecule has 8 heavy (non-hydrogen) atoms. The first kappa shape index (κ1) is 8.52. The number of morpholine rings is 1. The minimum absolute atomic E-state index is 0. The fourth-order valence-electron chi connectivity index (χ4n) is 0.644. The Hall–Kier alpha value is 0.517. The van der Waals surface area contributed by atoms with E-state index in [1.165, 1.54) is 0 Å². The SMILES string of the molecule is C[C@@H]1COCC[N-]1.[Li+]. The first-order valence-electron chi connectivity index (χ1n) is 2.64. The van der Waals surface area contributed by atoms with Crippen LogP contribution in [0.25, 0.3) is 5.32 Å². The molecule has 0 aromatic carbocycles. The molecule has 42 valence electrons. The number of rotatable bonds is 0. The molecule has 3 heteroatoms. The topological polar surface area (TPSA) is 23.3 Å². The maximum atomic E-state index is 5.09. The second kappa shape index (κ2) is 4.40. The Kier molecular flexibility index (Phi) is 4.69. The van der Waals surface area contributed by atoms with Gasteiger partial charge in [-0.1, -0.05) is 6.92 Å². The summed E-state index contributed by atoms with van der Waals surface area (Å²) in [7, 11) is 0. The average molecular weight is 107 g/mol. The predicted octanol–water partition coefficient (Wildman–Crippen LogP) is -2.22. The van der Waals surface area contributed by atoms with Crippen molar-refractivity contribution in [2.75, 3.05) is 19.8 Å². The van der Waals surface area contributed by atoms with Gasteiger partial charge in [-0.3, -0.25) is 0 Å². The van der Waals surface area contributed by atoms with Gasteiger partial charge in [0.25, 0.3) is 0 Å². The first-order valence-corrected chi connectivity index (χ1v) is 2.64. The minimum atomic E-state index is 0. The van der Waals surface area contributed by atoms with E-state index in [0.717, 1.165) is 19.8 Å². The Morgan fingerprint density at radius 1 is 1.62 bits per heavy atom. The van der Waals surface area contributed by atoms with Gasteiger partial charge >= 0.3 is 18.9 Å². The second-order valence-electron chi connectivity index (χ2n) is 1.83. The van der Waals surface area contributed by atoms with Gasteiger partial charge in [0.2, 0.25) is 0 Å². The van der Waals surface area contributed by atoms with Crippen molar-refractivity contribution >= 4 is 0 Å². The van der Waals surface area contributed by atoms with Crippen LogP contribution in [0.1, 0.15) is 6.92 Å². The molecule has 0 aliphatic carbocycles. The second-order valence-corrected chi connectivity index (χ2v) is 1.83. The van der Waals surface area contributed by atoms with E-state index in [-0.39, 0.29) is 18.9 Å². The van der Waals surface area contributed by atoms with E-state index in [9.17, 15) is 0 Å². The first-order chi connectivity index (χ1) is 3.39. The van der Waals surface area contributed by atoms with Gasteiger partial charge in [0, 0.05) is 13.2 Å². The third-order valence-electron chi connectivity index (χ3n) is 1.04. The molecule has 0 radical (unpaired) electrons. The molecule has 1 aliphatic rings. The zero-order chi connectivity index (χ0) is 5.11. The smallest absolute Gasteiger partial charge is 0.656 e. The summed E-state index contributed by atoms with van der Waals surface area (Å²) in [6, 6.07) is 0.439. The van der Waals surface area contributed by atoms with Crippen LogP contribution in [0.5, 0.6) is 0 Å². The van der Waals surface area contributed by atoms with E-state index in [1.54, 1.807) is 0 Å². The van der Waals surface area contributed by atoms with Crippen LogP contribution < -0.4 is 18.9 Å². The van der Waals surface area contributed by atoms with Crippen LogP contribution in [-0.2, 0) is 4.74 Å². The zero-order valence-electron chi connectivity index (χ0n) is 5.55. The summed E-state index contributed by atoms with van der Waals surface area (Å²) >= 11 is 0. The van der Waals surface area contributed by atoms with Crippen molar-refractivity contribution in [2.24, 2.45) is 0 Å². The van der Waals surface area contributed by atoms with Crippen molar-refractivity contribution < 1.29 is 23.6 Å². The van der Waals surface area contributed by atoms with Gasteiger partial charge in [-0.25, -0.2) is 0 Å². The van der Waals surface area contributed by atoms with E-state index in [4.69, 9.17) is 4.74 Å². The molecule has 1 atom stereocenters. The van der Waals surface area contributed by atoms with Crippen LogP contribution in [0.2, 0.25) is 0 Å². The van der Waals surface area contributed by atoms with Gasteiger partial charge in [0.15, 0.2) is 0 Å². The van der Waals surface area contributed by atoms with Gasteiger partial charge in [-0.2, -0.15) is 0 Å². The van der Waals surface area contributed by atoms with Crippen LogP contribution in [0.3, 0.4) is 0 Å². The van der Waals surface area contributed by atoms with Crippen molar-refractivity contribution in [3.63, 3.8) is 0 Å². The van der Waals surface area contributed by atoms with Gasteiger partial charge in [0.05, 0.1) is 0 Å². The third kappa shape index (κ3) is 2.73. The Balaban J connectivity index is 0.000000490. The Morgan fingerprint density at radius 2 is 2.38 bits per heavy atom. The molecule has 0 N–H and O–H groups in total. The average Bonchev–Trinajstić information content (AvgIpc) is 1.69. The summed E-state index contributed by atoms with van der Waals surface area (Å²) in [5.41, 5.74) is 0. The molecule has 0 bridgehead atoms. The van der Waals surface area contributed by atoms with Crippen molar-refractivity contribution in [1.82, 2.24) is 0 Å². The molecular formula is C5H10LiNO. The van der Waals surface area contributed by atoms with Gasteiger partial charge in [0.1, 0.15) is 0 Å². The molecule has 1 aliphatic heterocycles. The standard InChI is InChI=1S/C5H10NO.Li/c1-5-4-7-3-2-6-5;/h5H,2-4H2,1H3;/q-1;+1/t5-;/m1./s1. The molecular weight excluding hydrogens is 97.0 g/mol. The van der Waals surface area contributed by atoms with E-state index < -0.39 is 0 Å². The summed E-state index contributed by atoms with van der Waals surface area (Å²) in [6.07, 6.45) is 0. The van der Waals surface area contributed by atoms with Crippen LogP contribution in [0.4, 0.5) is 0 Å². The van der Waals surface area contributed by atoms with Crippen LogP contribution >= 0.6 is 0 Å². The van der Waals surface area contributed by atoms with Gasteiger partial charge in [-0.15, -0.1) is 12.6 Å². The van der Waals surface area contributed by atoms with Crippen molar-refractivity contribution in [1.29, 1.82) is 0 Å². The van der Waals surface area contributed by atoms with E-state index in [0.29, 0.717) is 6.04 Å². The molecule has 0 amide bonds. The van der Waals surface area contributed by atoms with Crippen molar-refractivity contribution in [3.05, 3.63) is 5.32 Å². The Morgan fingerprint density at radius 3 is 2.62 bits per heavy atom. The van der Waals surface area contributed by atoms with E-state index in [2.05, 4.69) is 12.2 Å². The normalized spacial score (nSPS) is 28.9. The molecule has 1 saturated heterocycles. The van der Waals surface area contributed by atoms with Crippen LogP contribution in [-0.4, -0.2) is 25.8 Å². The molecule has 1 rings (SSSR count). The number of nitrogens with zero attached hydrogens (tertiary/aromatic N) is 1. The van der Waals surface area contributed by atoms with E-state index >= 15 is 0 Å². The molecule has 1 heterocycles. The zero-order valence-corrected chi connectivity index (χ0v) is 5.55. The maximum Gasteiger partial charge on any atom is 1.00 e. The molecule has 0 aromatic heterocycles. The van der Waals surface area contributed by atoms with Gasteiger partial charge in [-0.05, 0) is 0 Å².